The highest BCUT2D eigenvalue weighted by molar-refractivity contribution is 4.49. The largest absolute Gasteiger partial charge is 0.330 e. The fourth-order valence-electron chi connectivity index (χ4n) is 2.69. The first-order chi connectivity index (χ1) is 9.41. The molecule has 1 heteroatoms. The van der Waals surface area contributed by atoms with E-state index in [2.05, 4.69) is 6.92 Å². The maximum Gasteiger partial charge on any atom is 0 e. The van der Waals surface area contributed by atoms with Crippen molar-refractivity contribution in [2.24, 2.45) is 5.73 Å². The highest BCUT2D eigenvalue weighted by Gasteiger charge is 1.94. The smallest absolute Gasteiger partial charge is 0 e. The third-order valence-electron chi connectivity index (χ3n) is 4.06. The molecule has 2 N–H and O–H groups in total. The van der Waals surface area contributed by atoms with Crippen molar-refractivity contribution >= 4 is 0 Å². The molecule has 0 radical (unpaired) electrons. The molecular weight excluding hydrogens is 230 g/mol. The second-order valence-corrected chi connectivity index (χ2v) is 6.09. The zero-order valence-electron chi connectivity index (χ0n) is 13.6. The molecule has 0 aromatic carbocycles. The van der Waals surface area contributed by atoms with Crippen molar-refractivity contribution in [1.82, 2.24) is 0 Å². The van der Waals surface area contributed by atoms with E-state index in [1.54, 1.807) is 0 Å². The van der Waals surface area contributed by atoms with Gasteiger partial charge in [0.15, 0.2) is 0 Å². The maximum atomic E-state index is 5.48. The van der Waals surface area contributed by atoms with Crippen LogP contribution in [0.15, 0.2) is 0 Å². The molecule has 0 heterocycles. The number of unbranched alkanes of at least 4 members (excludes halogenated alkanes) is 15. The Kier molecular flexibility index (Phi) is 17.9. The van der Waals surface area contributed by atoms with Crippen molar-refractivity contribution in [3.05, 3.63) is 0 Å². The van der Waals surface area contributed by atoms with Crippen LogP contribution in [0.4, 0.5) is 0 Å². The van der Waals surface area contributed by atoms with Gasteiger partial charge in [0, 0.05) is 1.43 Å². The Bertz CT molecular complexity index is 134. The van der Waals surface area contributed by atoms with Crippen molar-refractivity contribution in [2.45, 2.75) is 110 Å². The average Bonchev–Trinajstić information content (AvgIpc) is 2.43. The fraction of sp³-hybridized carbons (Fsp3) is 1.00. The van der Waals surface area contributed by atoms with Crippen molar-refractivity contribution in [1.29, 1.82) is 0 Å². The van der Waals surface area contributed by atoms with Gasteiger partial charge in [0.25, 0.3) is 0 Å². The van der Waals surface area contributed by atoms with Gasteiger partial charge in [0.1, 0.15) is 0 Å². The van der Waals surface area contributed by atoms with Crippen molar-refractivity contribution in [2.75, 3.05) is 6.54 Å². The first-order valence-electron chi connectivity index (χ1n) is 9.12. The Labute approximate surface area is 124 Å². The van der Waals surface area contributed by atoms with Crippen LogP contribution >= 0.6 is 0 Å². The Hall–Kier alpha value is -0.0400. The SMILES string of the molecule is CCCCCCCCCCCCCCCCCCN.[HH]. The Morgan fingerprint density at radius 3 is 1.00 bits per heavy atom. The quantitative estimate of drug-likeness (QED) is 0.321. The van der Waals surface area contributed by atoms with Gasteiger partial charge in [-0.15, -0.1) is 0 Å². The summed E-state index contributed by atoms with van der Waals surface area (Å²) in [6, 6.07) is 0. The van der Waals surface area contributed by atoms with Gasteiger partial charge in [0.2, 0.25) is 0 Å². The lowest BCUT2D eigenvalue weighted by molar-refractivity contribution is 0.530. The predicted molar refractivity (Wildman–Crippen MR) is 90.7 cm³/mol. The molecule has 19 heavy (non-hydrogen) atoms. The second-order valence-electron chi connectivity index (χ2n) is 6.09. The summed E-state index contributed by atoms with van der Waals surface area (Å²) >= 11 is 0. The molecule has 118 valence electrons. The highest BCUT2D eigenvalue weighted by atomic mass is 14.5. The van der Waals surface area contributed by atoms with Crippen LogP contribution in [0.25, 0.3) is 0 Å². The van der Waals surface area contributed by atoms with E-state index in [9.17, 15) is 0 Å². The molecular formula is C18H41N. The number of rotatable bonds is 16. The molecule has 0 aliphatic carbocycles. The molecule has 0 bridgehead atoms. The average molecular weight is 272 g/mol. The van der Waals surface area contributed by atoms with Gasteiger partial charge in [-0.05, 0) is 13.0 Å². The summed E-state index contributed by atoms with van der Waals surface area (Å²) < 4.78 is 0. The third-order valence-corrected chi connectivity index (χ3v) is 4.06. The zero-order chi connectivity index (χ0) is 14.0. The van der Waals surface area contributed by atoms with Gasteiger partial charge in [-0.1, -0.05) is 103 Å². The van der Waals surface area contributed by atoms with E-state index in [0.717, 1.165) is 6.54 Å². The van der Waals surface area contributed by atoms with E-state index in [0.29, 0.717) is 0 Å². The molecule has 0 fully saturated rings. The molecule has 0 aromatic rings. The van der Waals surface area contributed by atoms with E-state index < -0.39 is 0 Å². The van der Waals surface area contributed by atoms with Crippen molar-refractivity contribution in [3.8, 4) is 0 Å². The summed E-state index contributed by atoms with van der Waals surface area (Å²) in [4.78, 5) is 0. The lowest BCUT2D eigenvalue weighted by Crippen LogP contribution is -1.97. The molecule has 0 spiro atoms. The number of hydrogen-bond acceptors (Lipinski definition) is 1. The van der Waals surface area contributed by atoms with Gasteiger partial charge in [-0.25, -0.2) is 0 Å². The van der Waals surface area contributed by atoms with Crippen LogP contribution in [0, 0.1) is 0 Å². The number of nitrogens with two attached hydrogens (primary N) is 1. The van der Waals surface area contributed by atoms with Gasteiger partial charge in [0.05, 0.1) is 0 Å². The first kappa shape index (κ1) is 19.0. The molecule has 1 nitrogen and oxygen atoms in total. The molecule has 0 rings (SSSR count). The predicted octanol–water partition coefficient (Wildman–Crippen LogP) is 6.45. The lowest BCUT2D eigenvalue weighted by atomic mass is 10.0. The van der Waals surface area contributed by atoms with E-state index in [4.69, 9.17) is 5.73 Å². The molecule has 0 unspecified atom stereocenters. The van der Waals surface area contributed by atoms with Gasteiger partial charge < -0.3 is 5.73 Å². The zero-order valence-corrected chi connectivity index (χ0v) is 13.6. The Balaban J connectivity index is 0. The van der Waals surface area contributed by atoms with Gasteiger partial charge in [-0.3, -0.25) is 0 Å². The topological polar surface area (TPSA) is 26.0 Å². The summed E-state index contributed by atoms with van der Waals surface area (Å²) in [5, 5.41) is 0. The van der Waals surface area contributed by atoms with Crippen LogP contribution in [-0.2, 0) is 0 Å². The van der Waals surface area contributed by atoms with E-state index >= 15 is 0 Å². The molecule has 0 aliphatic rings. The van der Waals surface area contributed by atoms with Crippen LogP contribution in [0.1, 0.15) is 111 Å². The standard InChI is InChI=1S/C18H39N.H2/c1-2-3-4-5-6-7-8-9-10-11-12-13-14-15-16-17-18-19;/h2-19H2,1H3;1H. The van der Waals surface area contributed by atoms with E-state index in [1.807, 2.05) is 0 Å². The molecule has 0 aliphatic heterocycles. The third kappa shape index (κ3) is 18.0. The monoisotopic (exact) mass is 271 g/mol. The summed E-state index contributed by atoms with van der Waals surface area (Å²) in [5.74, 6) is 0. The number of hydrogen-bond donors (Lipinski definition) is 1. The summed E-state index contributed by atoms with van der Waals surface area (Å²) in [6.07, 6.45) is 22.9. The minimum absolute atomic E-state index is 0. The maximum absolute atomic E-state index is 5.48. The van der Waals surface area contributed by atoms with Crippen molar-refractivity contribution < 1.29 is 1.43 Å². The van der Waals surface area contributed by atoms with Gasteiger partial charge >= 0.3 is 0 Å². The minimum atomic E-state index is 0. The molecule has 0 aromatic heterocycles. The van der Waals surface area contributed by atoms with E-state index in [-0.39, 0.29) is 1.43 Å². The van der Waals surface area contributed by atoms with Crippen LogP contribution < -0.4 is 5.73 Å². The van der Waals surface area contributed by atoms with Gasteiger partial charge in [-0.2, -0.15) is 0 Å². The molecule has 0 saturated heterocycles. The van der Waals surface area contributed by atoms with Crippen LogP contribution in [0.3, 0.4) is 0 Å². The second kappa shape index (κ2) is 18.0. The van der Waals surface area contributed by atoms with Crippen LogP contribution in [0.5, 0.6) is 0 Å². The Morgan fingerprint density at radius 1 is 0.474 bits per heavy atom. The first-order valence-corrected chi connectivity index (χ1v) is 9.12. The molecule has 0 saturated carbocycles. The van der Waals surface area contributed by atoms with Crippen LogP contribution in [-0.4, -0.2) is 6.54 Å². The summed E-state index contributed by atoms with van der Waals surface area (Å²) in [7, 11) is 0. The van der Waals surface area contributed by atoms with E-state index in [1.165, 1.54) is 103 Å². The normalized spacial score (nSPS) is 11.1. The molecule has 0 amide bonds. The van der Waals surface area contributed by atoms with Crippen molar-refractivity contribution in [3.63, 3.8) is 0 Å². The van der Waals surface area contributed by atoms with Crippen LogP contribution in [0.2, 0.25) is 0 Å². The minimum Gasteiger partial charge on any atom is -0.330 e. The summed E-state index contributed by atoms with van der Waals surface area (Å²) in [5.41, 5.74) is 5.48. The lowest BCUT2D eigenvalue weighted by Gasteiger charge is -2.03. The molecule has 0 atom stereocenters. The Morgan fingerprint density at radius 2 is 0.737 bits per heavy atom. The summed E-state index contributed by atoms with van der Waals surface area (Å²) in [6.45, 7) is 3.16. The fourth-order valence-corrected chi connectivity index (χ4v) is 2.69. The highest BCUT2D eigenvalue weighted by Crippen LogP contribution is 2.13.